The van der Waals surface area contributed by atoms with Crippen LogP contribution in [0.2, 0.25) is 0 Å². The lowest BCUT2D eigenvalue weighted by Crippen LogP contribution is -2.13. The summed E-state index contributed by atoms with van der Waals surface area (Å²) in [4.78, 5) is 26.5. The number of carbonyl (C=O) groups is 1. The molecule has 0 saturated heterocycles. The third-order valence-corrected chi connectivity index (χ3v) is 7.89. The molecule has 1 aliphatic rings. The van der Waals surface area contributed by atoms with Crippen LogP contribution >= 0.6 is 23.1 Å². The summed E-state index contributed by atoms with van der Waals surface area (Å²) in [5.41, 5.74) is 2.59. The summed E-state index contributed by atoms with van der Waals surface area (Å²) in [7, 11) is 0. The quantitative estimate of drug-likeness (QED) is 0.181. The first kappa shape index (κ1) is 24.2. The van der Waals surface area contributed by atoms with Crippen LogP contribution in [0.5, 0.6) is 0 Å². The average molecular weight is 501 g/mol. The topological polar surface area (TPSA) is 120 Å². The first-order chi connectivity index (χ1) is 16.9. The second kappa shape index (κ2) is 10.6. The van der Waals surface area contributed by atoms with Gasteiger partial charge in [0.25, 0.3) is 11.6 Å². The van der Waals surface area contributed by atoms with Gasteiger partial charge in [0.05, 0.1) is 15.4 Å². The number of hydrogen-bond acceptors (Lipinski definition) is 7. The molecule has 35 heavy (non-hydrogen) atoms. The molecule has 7 nitrogen and oxygen atoms in total. The maximum atomic E-state index is 12.8. The van der Waals surface area contributed by atoms with Gasteiger partial charge in [0.15, 0.2) is 0 Å². The lowest BCUT2D eigenvalue weighted by Gasteiger charge is -2.09. The van der Waals surface area contributed by atoms with Crippen molar-refractivity contribution in [3.63, 3.8) is 0 Å². The van der Waals surface area contributed by atoms with Crippen LogP contribution in [-0.2, 0) is 17.6 Å². The molecular formula is C26H20N4O3S2. The van der Waals surface area contributed by atoms with Crippen molar-refractivity contribution < 1.29 is 9.72 Å². The number of thiophene rings is 1. The fraction of sp³-hybridized carbons (Fsp3) is 0.192. The molecule has 0 saturated carbocycles. The van der Waals surface area contributed by atoms with E-state index in [9.17, 15) is 25.4 Å². The SMILES string of the molecule is Cc1ccc(Sc2ccc(C=C(C#N)C(=O)Nc3sc4c(c3C#N)CCCC4)cc2[N+](=O)[O-])cc1. The molecule has 1 aliphatic carbocycles. The zero-order chi connectivity index (χ0) is 24.9. The van der Waals surface area contributed by atoms with E-state index >= 15 is 0 Å². The van der Waals surface area contributed by atoms with Crippen molar-refractivity contribution in [2.45, 2.75) is 42.4 Å². The fourth-order valence-electron chi connectivity index (χ4n) is 3.84. The molecule has 1 aromatic heterocycles. The third kappa shape index (κ3) is 5.43. The summed E-state index contributed by atoms with van der Waals surface area (Å²) in [6.45, 7) is 1.97. The number of nitrogens with zero attached hydrogens (tertiary/aromatic N) is 3. The summed E-state index contributed by atoms with van der Waals surface area (Å²) < 4.78 is 0. The molecule has 0 radical (unpaired) electrons. The molecule has 0 unspecified atom stereocenters. The number of hydrogen-bond donors (Lipinski definition) is 1. The van der Waals surface area contributed by atoms with E-state index in [4.69, 9.17) is 0 Å². The summed E-state index contributed by atoms with van der Waals surface area (Å²) in [6.07, 6.45) is 5.06. The smallest absolute Gasteiger partial charge is 0.283 e. The largest absolute Gasteiger partial charge is 0.312 e. The maximum absolute atomic E-state index is 12.8. The molecule has 2 aromatic carbocycles. The second-order valence-electron chi connectivity index (χ2n) is 8.05. The number of carbonyl (C=O) groups excluding carboxylic acids is 1. The molecule has 1 amide bonds. The Morgan fingerprint density at radius 3 is 2.60 bits per heavy atom. The predicted molar refractivity (Wildman–Crippen MR) is 136 cm³/mol. The molecule has 0 atom stereocenters. The minimum atomic E-state index is -0.650. The van der Waals surface area contributed by atoms with Crippen LogP contribution in [0.25, 0.3) is 6.08 Å². The van der Waals surface area contributed by atoms with E-state index in [1.807, 2.05) is 37.3 Å². The van der Waals surface area contributed by atoms with Crippen molar-refractivity contribution in [3.05, 3.63) is 85.3 Å². The first-order valence-corrected chi connectivity index (χ1v) is 12.5. The number of nitriles is 2. The van der Waals surface area contributed by atoms with Gasteiger partial charge >= 0.3 is 0 Å². The molecular weight excluding hydrogens is 480 g/mol. The zero-order valence-electron chi connectivity index (χ0n) is 18.8. The summed E-state index contributed by atoms with van der Waals surface area (Å²) in [6, 6.07) is 16.3. The van der Waals surface area contributed by atoms with Crippen molar-refractivity contribution in [2.24, 2.45) is 0 Å². The van der Waals surface area contributed by atoms with Crippen LogP contribution in [0.15, 0.2) is 57.8 Å². The minimum absolute atomic E-state index is 0.111. The number of benzene rings is 2. The van der Waals surface area contributed by atoms with Gasteiger partial charge in [0.1, 0.15) is 22.7 Å². The van der Waals surface area contributed by atoms with Crippen molar-refractivity contribution in [1.82, 2.24) is 0 Å². The Bertz CT molecular complexity index is 1430. The fourth-order valence-corrected chi connectivity index (χ4v) is 5.98. The van der Waals surface area contributed by atoms with Crippen LogP contribution in [-0.4, -0.2) is 10.8 Å². The van der Waals surface area contributed by atoms with E-state index in [0.29, 0.717) is 21.0 Å². The van der Waals surface area contributed by atoms with Crippen LogP contribution < -0.4 is 5.32 Å². The van der Waals surface area contributed by atoms with Gasteiger partial charge in [-0.3, -0.25) is 14.9 Å². The molecule has 0 aliphatic heterocycles. The van der Waals surface area contributed by atoms with Gasteiger partial charge in [-0.1, -0.05) is 35.5 Å². The molecule has 9 heteroatoms. The van der Waals surface area contributed by atoms with Gasteiger partial charge in [0.2, 0.25) is 0 Å². The number of anilines is 1. The Morgan fingerprint density at radius 2 is 1.91 bits per heavy atom. The van der Waals surface area contributed by atoms with Crippen LogP contribution in [0.3, 0.4) is 0 Å². The number of nitro benzene ring substituents is 1. The maximum Gasteiger partial charge on any atom is 0.283 e. The number of nitrogens with one attached hydrogen (secondary N) is 1. The van der Waals surface area contributed by atoms with Crippen molar-refractivity contribution in [1.29, 1.82) is 10.5 Å². The average Bonchev–Trinajstić information content (AvgIpc) is 3.21. The van der Waals surface area contributed by atoms with Crippen molar-refractivity contribution in [2.75, 3.05) is 5.32 Å². The number of fused-ring (bicyclic) bond motifs is 1. The standard InChI is InChI=1S/C26H20N4O3S2/c1-16-6-9-19(10-7-16)34-24-11-8-17(13-22(24)30(32)33)12-18(14-27)25(31)29-26-21(15-28)20-4-2-3-5-23(20)35-26/h6-13H,2-5H2,1H3,(H,29,31). The molecule has 0 bridgehead atoms. The van der Waals surface area contributed by atoms with Gasteiger partial charge in [0, 0.05) is 15.8 Å². The number of aryl methyl sites for hydroxylation is 2. The van der Waals surface area contributed by atoms with E-state index in [0.717, 1.165) is 46.6 Å². The summed E-state index contributed by atoms with van der Waals surface area (Å²) in [5, 5.41) is 34.1. The lowest BCUT2D eigenvalue weighted by molar-refractivity contribution is -0.387. The van der Waals surface area contributed by atoms with Crippen LogP contribution in [0, 0.1) is 39.7 Å². The van der Waals surface area contributed by atoms with Gasteiger partial charge < -0.3 is 5.32 Å². The summed E-state index contributed by atoms with van der Waals surface area (Å²) in [5.74, 6) is -0.650. The van der Waals surface area contributed by atoms with E-state index < -0.39 is 10.8 Å². The van der Waals surface area contributed by atoms with E-state index in [1.54, 1.807) is 12.1 Å². The Morgan fingerprint density at radius 1 is 1.17 bits per heavy atom. The summed E-state index contributed by atoms with van der Waals surface area (Å²) >= 11 is 2.65. The predicted octanol–water partition coefficient (Wildman–Crippen LogP) is 6.41. The highest BCUT2D eigenvalue weighted by Crippen LogP contribution is 2.38. The number of amides is 1. The third-order valence-electron chi connectivity index (χ3n) is 5.61. The lowest BCUT2D eigenvalue weighted by atomic mass is 9.96. The highest BCUT2D eigenvalue weighted by atomic mass is 32.2. The van der Waals surface area contributed by atoms with Crippen molar-refractivity contribution >= 4 is 45.8 Å². The Kier molecular flexibility index (Phi) is 7.31. The second-order valence-corrected chi connectivity index (χ2v) is 10.3. The molecule has 4 rings (SSSR count). The van der Waals surface area contributed by atoms with E-state index in [2.05, 4.69) is 11.4 Å². The van der Waals surface area contributed by atoms with Crippen LogP contribution in [0.1, 0.15) is 40.0 Å². The number of rotatable bonds is 6. The Hall–Kier alpha value is -3.92. The molecule has 0 fully saturated rings. The minimum Gasteiger partial charge on any atom is -0.312 e. The zero-order valence-corrected chi connectivity index (χ0v) is 20.5. The molecule has 1 N–H and O–H groups in total. The normalized spacial score (nSPS) is 12.8. The van der Waals surface area contributed by atoms with Gasteiger partial charge in [-0.15, -0.1) is 11.3 Å². The molecule has 3 aromatic rings. The van der Waals surface area contributed by atoms with E-state index in [-0.39, 0.29) is 11.3 Å². The highest BCUT2D eigenvalue weighted by molar-refractivity contribution is 7.99. The van der Waals surface area contributed by atoms with Gasteiger partial charge in [-0.2, -0.15) is 10.5 Å². The van der Waals surface area contributed by atoms with Gasteiger partial charge in [-0.05, 0) is 68.0 Å². The number of nitro groups is 1. The van der Waals surface area contributed by atoms with Crippen LogP contribution in [0.4, 0.5) is 10.7 Å². The van der Waals surface area contributed by atoms with E-state index in [1.165, 1.54) is 35.2 Å². The monoisotopic (exact) mass is 500 g/mol. The van der Waals surface area contributed by atoms with Crippen molar-refractivity contribution in [3.8, 4) is 12.1 Å². The molecule has 0 spiro atoms. The highest BCUT2D eigenvalue weighted by Gasteiger charge is 2.23. The Labute approximate surface area is 210 Å². The molecule has 174 valence electrons. The molecule has 1 heterocycles. The first-order valence-electron chi connectivity index (χ1n) is 10.9. The van der Waals surface area contributed by atoms with Gasteiger partial charge in [-0.25, -0.2) is 0 Å². The Balaban J connectivity index is 1.59.